The Bertz CT molecular complexity index is 517. The second-order valence-electron chi connectivity index (χ2n) is 4.73. The van der Waals surface area contributed by atoms with E-state index in [0.717, 1.165) is 5.56 Å². The molecule has 20 heavy (non-hydrogen) atoms. The lowest BCUT2D eigenvalue weighted by Gasteiger charge is -2.24. The Balaban J connectivity index is 2.92. The molecule has 0 saturated carbocycles. The van der Waals surface area contributed by atoms with Crippen LogP contribution in [0.25, 0.3) is 0 Å². The van der Waals surface area contributed by atoms with E-state index >= 15 is 0 Å². The zero-order valence-electron chi connectivity index (χ0n) is 11.9. The van der Waals surface area contributed by atoms with Crippen LogP contribution in [-0.2, 0) is 0 Å². The highest BCUT2D eigenvalue weighted by molar-refractivity contribution is 6.30. The van der Waals surface area contributed by atoms with Gasteiger partial charge in [0.2, 0.25) is 0 Å². The minimum absolute atomic E-state index is 0.0840. The molecule has 0 aliphatic heterocycles. The molecule has 1 aromatic carbocycles. The molecule has 3 N–H and O–H groups in total. The van der Waals surface area contributed by atoms with Gasteiger partial charge in [0, 0.05) is 29.6 Å². The Morgan fingerprint density at radius 3 is 2.70 bits per heavy atom. The number of nitrogens with zero attached hydrogens (tertiary/aromatic N) is 2. The van der Waals surface area contributed by atoms with E-state index in [0.29, 0.717) is 23.7 Å². The molecule has 1 atom stereocenters. The summed E-state index contributed by atoms with van der Waals surface area (Å²) >= 11 is 5.89. The fourth-order valence-corrected chi connectivity index (χ4v) is 2.14. The van der Waals surface area contributed by atoms with Gasteiger partial charge in [0.05, 0.1) is 0 Å². The van der Waals surface area contributed by atoms with Crippen molar-refractivity contribution in [2.75, 3.05) is 13.1 Å². The molecule has 0 heterocycles. The molecule has 0 fully saturated rings. The molecular formula is C14H20ClN3O2. The zero-order valence-corrected chi connectivity index (χ0v) is 12.7. The van der Waals surface area contributed by atoms with E-state index in [1.807, 2.05) is 13.8 Å². The second-order valence-corrected chi connectivity index (χ2v) is 5.17. The van der Waals surface area contributed by atoms with Crippen LogP contribution >= 0.6 is 11.6 Å². The summed E-state index contributed by atoms with van der Waals surface area (Å²) in [6, 6.07) is 5.18. The van der Waals surface area contributed by atoms with Crippen molar-refractivity contribution in [1.82, 2.24) is 4.90 Å². The Kier molecular flexibility index (Phi) is 5.82. The molecule has 6 heteroatoms. The third kappa shape index (κ3) is 3.87. The third-order valence-corrected chi connectivity index (χ3v) is 3.44. The molecule has 1 unspecified atom stereocenters. The van der Waals surface area contributed by atoms with Crippen LogP contribution in [0, 0.1) is 12.8 Å². The molecule has 0 spiro atoms. The maximum atomic E-state index is 12.5. The number of amides is 1. The second kappa shape index (κ2) is 7.14. The van der Waals surface area contributed by atoms with Crippen LogP contribution in [0.5, 0.6) is 0 Å². The van der Waals surface area contributed by atoms with Gasteiger partial charge < -0.3 is 15.8 Å². The predicted octanol–water partition coefficient (Wildman–Crippen LogP) is 2.49. The lowest BCUT2D eigenvalue weighted by atomic mass is 10.1. The number of amidine groups is 1. The molecule has 1 rings (SSSR count). The highest BCUT2D eigenvalue weighted by Gasteiger charge is 2.20. The Labute approximate surface area is 124 Å². The van der Waals surface area contributed by atoms with Crippen LogP contribution in [0.3, 0.4) is 0 Å². The van der Waals surface area contributed by atoms with Gasteiger partial charge in [-0.1, -0.05) is 23.7 Å². The predicted molar refractivity (Wildman–Crippen MR) is 80.3 cm³/mol. The summed E-state index contributed by atoms with van der Waals surface area (Å²) in [5.74, 6) is -0.181. The SMILES string of the molecule is CCN(CC(C)/C(N)=N/O)C(=O)c1ccc(Cl)cc1C. The van der Waals surface area contributed by atoms with Crippen molar-refractivity contribution in [3.63, 3.8) is 0 Å². The van der Waals surface area contributed by atoms with Crippen LogP contribution in [0.2, 0.25) is 5.02 Å². The maximum absolute atomic E-state index is 12.5. The van der Waals surface area contributed by atoms with Crippen molar-refractivity contribution < 1.29 is 10.0 Å². The van der Waals surface area contributed by atoms with Gasteiger partial charge in [-0.05, 0) is 37.6 Å². The van der Waals surface area contributed by atoms with E-state index in [-0.39, 0.29) is 17.7 Å². The quantitative estimate of drug-likeness (QED) is 0.379. The van der Waals surface area contributed by atoms with Crippen molar-refractivity contribution >= 4 is 23.3 Å². The molecule has 0 bridgehead atoms. The van der Waals surface area contributed by atoms with Gasteiger partial charge in [-0.2, -0.15) is 0 Å². The van der Waals surface area contributed by atoms with Gasteiger partial charge in [-0.3, -0.25) is 4.79 Å². The molecule has 0 aliphatic carbocycles. The summed E-state index contributed by atoms with van der Waals surface area (Å²) in [5, 5.41) is 12.2. The third-order valence-electron chi connectivity index (χ3n) is 3.20. The van der Waals surface area contributed by atoms with E-state index in [1.165, 1.54) is 0 Å². The molecule has 0 radical (unpaired) electrons. The largest absolute Gasteiger partial charge is 0.409 e. The first kappa shape index (κ1) is 16.3. The number of carbonyl (C=O) groups is 1. The number of benzene rings is 1. The average molecular weight is 298 g/mol. The molecule has 0 saturated heterocycles. The van der Waals surface area contributed by atoms with Crippen molar-refractivity contribution in [2.24, 2.45) is 16.8 Å². The number of nitrogens with two attached hydrogens (primary N) is 1. The van der Waals surface area contributed by atoms with E-state index in [2.05, 4.69) is 5.16 Å². The molecule has 5 nitrogen and oxygen atoms in total. The number of hydrogen-bond donors (Lipinski definition) is 2. The molecule has 1 amide bonds. The lowest BCUT2D eigenvalue weighted by molar-refractivity contribution is 0.0753. The van der Waals surface area contributed by atoms with Gasteiger partial charge in [-0.25, -0.2) is 0 Å². The smallest absolute Gasteiger partial charge is 0.254 e. The maximum Gasteiger partial charge on any atom is 0.254 e. The van der Waals surface area contributed by atoms with Gasteiger partial charge in [0.15, 0.2) is 0 Å². The summed E-state index contributed by atoms with van der Waals surface area (Å²) in [5.41, 5.74) is 7.00. The van der Waals surface area contributed by atoms with Gasteiger partial charge in [0.1, 0.15) is 5.84 Å². The highest BCUT2D eigenvalue weighted by atomic mass is 35.5. The lowest BCUT2D eigenvalue weighted by Crippen LogP contribution is -2.39. The van der Waals surface area contributed by atoms with Gasteiger partial charge >= 0.3 is 0 Å². The fourth-order valence-electron chi connectivity index (χ4n) is 1.92. The number of hydrogen-bond acceptors (Lipinski definition) is 3. The number of oxime groups is 1. The first-order valence-corrected chi connectivity index (χ1v) is 6.81. The minimum Gasteiger partial charge on any atom is -0.409 e. The minimum atomic E-state index is -0.212. The van der Waals surface area contributed by atoms with Crippen molar-refractivity contribution in [2.45, 2.75) is 20.8 Å². The van der Waals surface area contributed by atoms with Gasteiger partial charge in [0.25, 0.3) is 5.91 Å². The Hall–Kier alpha value is -1.75. The summed E-state index contributed by atoms with van der Waals surface area (Å²) in [6.07, 6.45) is 0. The zero-order chi connectivity index (χ0) is 15.3. The molecule has 1 aromatic rings. The molecular weight excluding hydrogens is 278 g/mol. The van der Waals surface area contributed by atoms with Crippen LogP contribution in [-0.4, -0.2) is 34.9 Å². The van der Waals surface area contributed by atoms with E-state index in [1.54, 1.807) is 30.0 Å². The monoisotopic (exact) mass is 297 g/mol. The number of carbonyl (C=O) groups excluding carboxylic acids is 1. The number of aryl methyl sites for hydroxylation is 1. The summed E-state index contributed by atoms with van der Waals surface area (Å²) in [6.45, 7) is 6.49. The molecule has 110 valence electrons. The van der Waals surface area contributed by atoms with Crippen molar-refractivity contribution in [3.05, 3.63) is 34.3 Å². The Morgan fingerprint density at radius 1 is 1.55 bits per heavy atom. The van der Waals surface area contributed by atoms with Crippen molar-refractivity contribution in [1.29, 1.82) is 0 Å². The topological polar surface area (TPSA) is 78.9 Å². The highest BCUT2D eigenvalue weighted by Crippen LogP contribution is 2.17. The number of rotatable bonds is 5. The Morgan fingerprint density at radius 2 is 2.20 bits per heavy atom. The average Bonchev–Trinajstić information content (AvgIpc) is 2.42. The normalized spacial score (nSPS) is 13.1. The molecule has 0 aliphatic rings. The van der Waals surface area contributed by atoms with E-state index in [9.17, 15) is 4.79 Å². The summed E-state index contributed by atoms with van der Waals surface area (Å²) in [4.78, 5) is 14.2. The summed E-state index contributed by atoms with van der Waals surface area (Å²) < 4.78 is 0. The standard InChI is InChI=1S/C14H20ClN3O2/c1-4-18(8-10(3)13(16)17-20)14(19)12-6-5-11(15)7-9(12)2/h5-7,10,20H,4,8H2,1-3H3,(H2,16,17). The van der Waals surface area contributed by atoms with Crippen LogP contribution in [0.1, 0.15) is 29.8 Å². The molecule has 0 aromatic heterocycles. The van der Waals surface area contributed by atoms with Crippen LogP contribution in [0.15, 0.2) is 23.4 Å². The van der Waals surface area contributed by atoms with Gasteiger partial charge in [-0.15, -0.1) is 0 Å². The van der Waals surface area contributed by atoms with E-state index < -0.39 is 0 Å². The van der Waals surface area contributed by atoms with Crippen molar-refractivity contribution in [3.8, 4) is 0 Å². The first-order chi connectivity index (χ1) is 9.40. The van der Waals surface area contributed by atoms with E-state index in [4.69, 9.17) is 22.5 Å². The first-order valence-electron chi connectivity index (χ1n) is 6.43. The van der Waals surface area contributed by atoms with Crippen LogP contribution < -0.4 is 5.73 Å². The fraction of sp³-hybridized carbons (Fsp3) is 0.429. The van der Waals surface area contributed by atoms with Crippen LogP contribution in [0.4, 0.5) is 0 Å². The number of halogens is 1. The summed E-state index contributed by atoms with van der Waals surface area (Å²) in [7, 11) is 0.